The SMILES string of the molecule is CC=C(Cl)OC(=O)c1ccccc1N. The molecule has 0 aliphatic carbocycles. The molecule has 14 heavy (non-hydrogen) atoms. The number of benzene rings is 1. The van der Waals surface area contributed by atoms with E-state index in [1.165, 1.54) is 6.08 Å². The van der Waals surface area contributed by atoms with Gasteiger partial charge in [-0.15, -0.1) is 0 Å². The first-order valence-electron chi connectivity index (χ1n) is 4.03. The summed E-state index contributed by atoms with van der Waals surface area (Å²) in [5.41, 5.74) is 6.26. The zero-order chi connectivity index (χ0) is 10.6. The fourth-order valence-corrected chi connectivity index (χ4v) is 0.955. The largest absolute Gasteiger partial charge is 0.411 e. The molecule has 0 fully saturated rings. The first-order valence-corrected chi connectivity index (χ1v) is 4.41. The predicted octanol–water partition coefficient (Wildman–Crippen LogP) is 2.53. The van der Waals surface area contributed by atoms with Gasteiger partial charge in [-0.2, -0.15) is 0 Å². The van der Waals surface area contributed by atoms with Crippen LogP contribution in [0, 0.1) is 0 Å². The van der Waals surface area contributed by atoms with Gasteiger partial charge in [-0.25, -0.2) is 4.79 Å². The fraction of sp³-hybridized carbons (Fsp3) is 0.100. The molecule has 0 radical (unpaired) electrons. The third kappa shape index (κ3) is 2.50. The summed E-state index contributed by atoms with van der Waals surface area (Å²) in [7, 11) is 0. The molecule has 0 aliphatic heterocycles. The molecule has 1 aromatic rings. The lowest BCUT2D eigenvalue weighted by atomic mass is 10.2. The molecule has 74 valence electrons. The van der Waals surface area contributed by atoms with Crippen LogP contribution in [0.4, 0.5) is 5.69 Å². The molecule has 1 rings (SSSR count). The van der Waals surface area contributed by atoms with E-state index >= 15 is 0 Å². The number of para-hydroxylation sites is 1. The molecule has 0 atom stereocenters. The number of ether oxygens (including phenoxy) is 1. The number of hydrogen-bond acceptors (Lipinski definition) is 3. The monoisotopic (exact) mass is 211 g/mol. The third-order valence-corrected chi connectivity index (χ3v) is 1.89. The molecule has 2 N–H and O–H groups in total. The maximum absolute atomic E-state index is 11.4. The average molecular weight is 212 g/mol. The lowest BCUT2D eigenvalue weighted by Gasteiger charge is -2.04. The molecular formula is C10H10ClNO2. The van der Waals surface area contributed by atoms with Crippen LogP contribution in [-0.4, -0.2) is 5.97 Å². The summed E-state index contributed by atoms with van der Waals surface area (Å²) in [5, 5.41) is 0.0400. The zero-order valence-electron chi connectivity index (χ0n) is 7.66. The Morgan fingerprint density at radius 3 is 2.71 bits per heavy atom. The second-order valence-electron chi connectivity index (χ2n) is 2.57. The topological polar surface area (TPSA) is 52.3 Å². The molecule has 0 spiro atoms. The van der Waals surface area contributed by atoms with Crippen LogP contribution in [0.2, 0.25) is 0 Å². The van der Waals surface area contributed by atoms with Crippen LogP contribution in [0.5, 0.6) is 0 Å². The molecule has 0 aliphatic rings. The molecule has 3 nitrogen and oxygen atoms in total. The number of carbonyl (C=O) groups is 1. The van der Waals surface area contributed by atoms with Gasteiger partial charge in [-0.3, -0.25) is 0 Å². The number of halogens is 1. The van der Waals surface area contributed by atoms with Gasteiger partial charge in [0, 0.05) is 5.69 Å². The Morgan fingerprint density at radius 2 is 2.14 bits per heavy atom. The van der Waals surface area contributed by atoms with Crippen molar-refractivity contribution in [1.82, 2.24) is 0 Å². The van der Waals surface area contributed by atoms with Crippen LogP contribution in [0.1, 0.15) is 17.3 Å². The van der Waals surface area contributed by atoms with Crippen LogP contribution in [-0.2, 0) is 4.74 Å². The number of nitrogen functional groups attached to an aromatic ring is 1. The summed E-state index contributed by atoms with van der Waals surface area (Å²) < 4.78 is 4.77. The highest BCUT2D eigenvalue weighted by molar-refractivity contribution is 6.29. The van der Waals surface area contributed by atoms with Gasteiger partial charge < -0.3 is 10.5 Å². The maximum atomic E-state index is 11.4. The Hall–Kier alpha value is -1.48. The Kier molecular flexibility index (Phi) is 3.54. The normalized spacial score (nSPS) is 11.1. The fourth-order valence-electron chi connectivity index (χ4n) is 0.885. The Balaban J connectivity index is 2.85. The van der Waals surface area contributed by atoms with Crippen molar-refractivity contribution in [3.05, 3.63) is 41.1 Å². The van der Waals surface area contributed by atoms with E-state index in [1.54, 1.807) is 31.2 Å². The first-order chi connectivity index (χ1) is 6.65. The summed E-state index contributed by atoms with van der Waals surface area (Å²) in [6, 6.07) is 6.65. The number of nitrogens with two attached hydrogens (primary N) is 1. The van der Waals surface area contributed by atoms with Crippen LogP contribution in [0.25, 0.3) is 0 Å². The van der Waals surface area contributed by atoms with E-state index in [9.17, 15) is 4.79 Å². The van der Waals surface area contributed by atoms with Gasteiger partial charge >= 0.3 is 5.97 Å². The standard InChI is InChI=1S/C10H10ClNO2/c1-2-9(11)14-10(13)7-5-3-4-6-8(7)12/h2-6H,12H2,1H3. The van der Waals surface area contributed by atoms with Gasteiger partial charge in [0.15, 0.2) is 5.22 Å². The third-order valence-electron chi connectivity index (χ3n) is 1.60. The molecule has 4 heteroatoms. The highest BCUT2D eigenvalue weighted by Gasteiger charge is 2.11. The van der Waals surface area contributed by atoms with Gasteiger partial charge in [-0.05, 0) is 36.7 Å². The Labute approximate surface area is 87.1 Å². The van der Waals surface area contributed by atoms with Gasteiger partial charge in [0.1, 0.15) is 0 Å². The number of carbonyl (C=O) groups excluding carboxylic acids is 1. The first kappa shape index (κ1) is 10.6. The lowest BCUT2D eigenvalue weighted by molar-refractivity contribution is 0.0650. The van der Waals surface area contributed by atoms with E-state index < -0.39 is 5.97 Å². The van der Waals surface area contributed by atoms with E-state index in [0.717, 1.165) is 0 Å². The van der Waals surface area contributed by atoms with Crippen molar-refractivity contribution in [2.45, 2.75) is 6.92 Å². The van der Waals surface area contributed by atoms with E-state index in [2.05, 4.69) is 0 Å². The average Bonchev–Trinajstić information content (AvgIpc) is 2.18. The van der Waals surface area contributed by atoms with E-state index in [4.69, 9.17) is 22.1 Å². The van der Waals surface area contributed by atoms with Crippen molar-refractivity contribution < 1.29 is 9.53 Å². The molecule has 0 heterocycles. The van der Waals surface area contributed by atoms with Crippen molar-refractivity contribution in [3.8, 4) is 0 Å². The van der Waals surface area contributed by atoms with Crippen LogP contribution in [0.15, 0.2) is 35.6 Å². The quantitative estimate of drug-likeness (QED) is 0.465. The van der Waals surface area contributed by atoms with Gasteiger partial charge in [0.2, 0.25) is 0 Å². The minimum Gasteiger partial charge on any atom is -0.411 e. The zero-order valence-corrected chi connectivity index (χ0v) is 8.41. The summed E-state index contributed by atoms with van der Waals surface area (Å²) in [5.74, 6) is -0.550. The van der Waals surface area contributed by atoms with Gasteiger partial charge in [-0.1, -0.05) is 12.1 Å². The van der Waals surface area contributed by atoms with Gasteiger partial charge in [0.05, 0.1) is 5.56 Å². The molecule has 1 aromatic carbocycles. The van der Waals surface area contributed by atoms with Crippen molar-refractivity contribution in [3.63, 3.8) is 0 Å². The van der Waals surface area contributed by atoms with Crippen LogP contribution < -0.4 is 5.73 Å². The van der Waals surface area contributed by atoms with E-state index in [0.29, 0.717) is 11.3 Å². The number of hydrogen-bond donors (Lipinski definition) is 1. The summed E-state index contributed by atoms with van der Waals surface area (Å²) in [4.78, 5) is 11.4. The van der Waals surface area contributed by atoms with E-state index in [1.807, 2.05) is 0 Å². The molecule has 0 bridgehead atoms. The molecule has 0 saturated heterocycles. The summed E-state index contributed by atoms with van der Waals surface area (Å²) in [6.07, 6.45) is 1.48. The number of anilines is 1. The van der Waals surface area contributed by atoms with E-state index in [-0.39, 0.29) is 5.22 Å². The number of allylic oxidation sites excluding steroid dienone is 1. The molecule has 0 amide bonds. The lowest BCUT2D eigenvalue weighted by Crippen LogP contribution is -2.06. The maximum Gasteiger partial charge on any atom is 0.346 e. The van der Waals surface area contributed by atoms with Crippen LogP contribution in [0.3, 0.4) is 0 Å². The minimum atomic E-state index is -0.550. The smallest absolute Gasteiger partial charge is 0.346 e. The highest BCUT2D eigenvalue weighted by Crippen LogP contribution is 2.14. The Bertz CT molecular complexity index is 374. The minimum absolute atomic E-state index is 0.0400. The molecule has 0 saturated carbocycles. The van der Waals surface area contributed by atoms with Crippen LogP contribution >= 0.6 is 11.6 Å². The van der Waals surface area contributed by atoms with Gasteiger partial charge in [0.25, 0.3) is 0 Å². The molecular weight excluding hydrogens is 202 g/mol. The summed E-state index contributed by atoms with van der Waals surface area (Å²) in [6.45, 7) is 1.67. The Morgan fingerprint density at radius 1 is 1.50 bits per heavy atom. The second-order valence-corrected chi connectivity index (χ2v) is 2.94. The molecule has 0 aromatic heterocycles. The summed E-state index contributed by atoms with van der Waals surface area (Å²) >= 11 is 5.54. The number of rotatable bonds is 2. The molecule has 0 unspecified atom stereocenters. The van der Waals surface area contributed by atoms with Crippen molar-refractivity contribution in [1.29, 1.82) is 0 Å². The van der Waals surface area contributed by atoms with Crippen molar-refractivity contribution >= 4 is 23.3 Å². The van der Waals surface area contributed by atoms with Crippen molar-refractivity contribution in [2.24, 2.45) is 0 Å². The highest BCUT2D eigenvalue weighted by atomic mass is 35.5. The second kappa shape index (κ2) is 4.67. The predicted molar refractivity (Wildman–Crippen MR) is 55.9 cm³/mol. The number of esters is 1. The van der Waals surface area contributed by atoms with Crippen molar-refractivity contribution in [2.75, 3.05) is 5.73 Å².